The summed E-state index contributed by atoms with van der Waals surface area (Å²) in [5.41, 5.74) is 1.37. The summed E-state index contributed by atoms with van der Waals surface area (Å²) in [6.45, 7) is 9.55. The number of rotatable bonds is 6. The van der Waals surface area contributed by atoms with Crippen LogP contribution in [0.1, 0.15) is 32.8 Å². The summed E-state index contributed by atoms with van der Waals surface area (Å²) < 4.78 is 5.41. The fourth-order valence-corrected chi connectivity index (χ4v) is 1.87. The Bertz CT molecular complexity index is 635. The first-order valence-electron chi connectivity index (χ1n) is 7.37. The smallest absolute Gasteiger partial charge is 0.311 e. The van der Waals surface area contributed by atoms with E-state index in [9.17, 15) is 14.9 Å². The number of benzene rings is 1. The molecule has 0 bridgehead atoms. The quantitative estimate of drug-likeness (QED) is 0.347. The van der Waals surface area contributed by atoms with Gasteiger partial charge in [-0.1, -0.05) is 44.4 Å². The third-order valence-electron chi connectivity index (χ3n) is 2.90. The van der Waals surface area contributed by atoms with E-state index in [0.717, 1.165) is 0 Å². The summed E-state index contributed by atoms with van der Waals surface area (Å²) in [7, 11) is 0. The highest BCUT2D eigenvalue weighted by Gasteiger charge is 2.15. The predicted octanol–water partition coefficient (Wildman–Crippen LogP) is 3.67. The van der Waals surface area contributed by atoms with Crippen LogP contribution < -0.4 is 0 Å². The zero-order valence-electron chi connectivity index (χ0n) is 13.7. The second-order valence-corrected chi connectivity index (χ2v) is 5.76. The second kappa shape index (κ2) is 8.74. The van der Waals surface area contributed by atoms with Gasteiger partial charge >= 0.3 is 5.97 Å². The van der Waals surface area contributed by atoms with E-state index in [0.29, 0.717) is 23.5 Å². The van der Waals surface area contributed by atoms with Crippen molar-refractivity contribution in [2.24, 2.45) is 5.92 Å². The lowest BCUT2D eigenvalue weighted by Gasteiger charge is -2.14. The van der Waals surface area contributed by atoms with Gasteiger partial charge in [0.25, 0.3) is 5.69 Å². The number of nitro benzene ring substituents is 1. The predicted molar refractivity (Wildman–Crippen MR) is 88.7 cm³/mol. The molecule has 5 heteroatoms. The van der Waals surface area contributed by atoms with Crippen molar-refractivity contribution in [3.63, 3.8) is 0 Å². The average molecular weight is 315 g/mol. The Morgan fingerprint density at radius 1 is 1.35 bits per heavy atom. The van der Waals surface area contributed by atoms with Gasteiger partial charge in [-0.15, -0.1) is 0 Å². The van der Waals surface area contributed by atoms with Gasteiger partial charge in [0.15, 0.2) is 6.10 Å². The highest BCUT2D eigenvalue weighted by atomic mass is 16.6. The lowest BCUT2D eigenvalue weighted by Crippen LogP contribution is -2.20. The molecule has 0 fully saturated rings. The molecule has 1 rings (SSSR count). The first kappa shape index (κ1) is 18.4. The van der Waals surface area contributed by atoms with Crippen LogP contribution in [0.2, 0.25) is 0 Å². The molecule has 1 atom stereocenters. The Balaban J connectivity index is 2.69. The molecule has 0 spiro atoms. The number of carbonyl (C=O) groups excluding carboxylic acids is 1. The number of non-ortho nitro benzene ring substituents is 1. The Labute approximate surface area is 136 Å². The van der Waals surface area contributed by atoms with E-state index in [1.807, 2.05) is 13.8 Å². The number of hydrogen-bond acceptors (Lipinski definition) is 4. The normalized spacial score (nSPS) is 11.3. The van der Waals surface area contributed by atoms with E-state index in [1.165, 1.54) is 12.1 Å². The molecule has 1 aromatic carbocycles. The molecule has 0 heterocycles. The summed E-state index contributed by atoms with van der Waals surface area (Å²) in [5, 5.41) is 10.6. The topological polar surface area (TPSA) is 69.4 Å². The molecule has 0 aromatic heterocycles. The van der Waals surface area contributed by atoms with Crippen LogP contribution in [0.4, 0.5) is 5.69 Å². The Hall–Kier alpha value is -2.61. The van der Waals surface area contributed by atoms with Crippen LogP contribution in [0.15, 0.2) is 36.4 Å². The molecule has 23 heavy (non-hydrogen) atoms. The molecule has 0 saturated heterocycles. The Morgan fingerprint density at radius 3 is 2.43 bits per heavy atom. The first-order chi connectivity index (χ1) is 10.8. The van der Waals surface area contributed by atoms with Gasteiger partial charge in [-0.2, -0.15) is 0 Å². The molecule has 0 aliphatic heterocycles. The largest absolute Gasteiger partial charge is 0.449 e. The van der Waals surface area contributed by atoms with Crippen molar-refractivity contribution < 1.29 is 14.5 Å². The van der Waals surface area contributed by atoms with Crippen molar-refractivity contribution in [2.75, 3.05) is 0 Å². The van der Waals surface area contributed by atoms with E-state index in [4.69, 9.17) is 4.74 Å². The van der Waals surface area contributed by atoms with Crippen LogP contribution in [0, 0.1) is 27.9 Å². The van der Waals surface area contributed by atoms with Crippen molar-refractivity contribution >= 4 is 11.7 Å². The minimum Gasteiger partial charge on any atom is -0.449 e. The van der Waals surface area contributed by atoms with Crippen molar-refractivity contribution in [2.45, 2.75) is 39.7 Å². The summed E-state index contributed by atoms with van der Waals surface area (Å²) in [5.74, 6) is 5.69. The summed E-state index contributed by atoms with van der Waals surface area (Å²) in [6.07, 6.45) is 0.227. The van der Waals surface area contributed by atoms with E-state index in [-0.39, 0.29) is 12.1 Å². The number of hydrogen-bond donors (Lipinski definition) is 0. The maximum Gasteiger partial charge on any atom is 0.311 e. The number of carbonyl (C=O) groups is 1. The SMILES string of the molecule is C=C(C)C#CC(CC(C)C)OC(=O)Cc1ccc([N+](=O)[O-])cc1. The molecule has 0 saturated carbocycles. The molecule has 0 aliphatic carbocycles. The van der Waals surface area contributed by atoms with Crippen molar-refractivity contribution in [3.8, 4) is 11.8 Å². The number of nitro groups is 1. The van der Waals surface area contributed by atoms with Gasteiger partial charge in [0.2, 0.25) is 0 Å². The lowest BCUT2D eigenvalue weighted by molar-refractivity contribution is -0.384. The van der Waals surface area contributed by atoms with E-state index < -0.39 is 17.0 Å². The van der Waals surface area contributed by atoms with Crippen molar-refractivity contribution in [1.82, 2.24) is 0 Å². The summed E-state index contributed by atoms with van der Waals surface area (Å²) in [6, 6.07) is 5.84. The molecule has 122 valence electrons. The van der Waals surface area contributed by atoms with Gasteiger partial charge in [0, 0.05) is 12.1 Å². The number of ether oxygens (including phenoxy) is 1. The van der Waals surface area contributed by atoms with Crippen LogP contribution in [0.25, 0.3) is 0 Å². The number of esters is 1. The maximum atomic E-state index is 12.0. The molecule has 1 unspecified atom stereocenters. The molecule has 0 aliphatic rings. The van der Waals surface area contributed by atoms with Crippen LogP contribution >= 0.6 is 0 Å². The molecule has 1 aromatic rings. The zero-order chi connectivity index (χ0) is 17.4. The van der Waals surface area contributed by atoms with Gasteiger partial charge in [0.1, 0.15) is 0 Å². The molecule has 0 radical (unpaired) electrons. The van der Waals surface area contributed by atoms with Crippen molar-refractivity contribution in [3.05, 3.63) is 52.1 Å². The van der Waals surface area contributed by atoms with Gasteiger partial charge < -0.3 is 4.74 Å². The fourth-order valence-electron chi connectivity index (χ4n) is 1.87. The Kier molecular flexibility index (Phi) is 7.01. The van der Waals surface area contributed by atoms with Crippen LogP contribution in [-0.2, 0) is 16.0 Å². The third-order valence-corrected chi connectivity index (χ3v) is 2.90. The van der Waals surface area contributed by atoms with Crippen LogP contribution in [0.3, 0.4) is 0 Å². The van der Waals surface area contributed by atoms with Crippen molar-refractivity contribution in [1.29, 1.82) is 0 Å². The molecular formula is C18H21NO4. The average Bonchev–Trinajstić information content (AvgIpc) is 2.44. The standard InChI is InChI=1S/C18H21NO4/c1-13(2)5-10-17(11-14(3)4)23-18(20)12-15-6-8-16(9-7-15)19(21)22/h6-9,14,17H,1,11-12H2,2-4H3. The molecule has 0 amide bonds. The van der Waals surface area contributed by atoms with E-state index in [1.54, 1.807) is 19.1 Å². The van der Waals surface area contributed by atoms with Gasteiger partial charge in [-0.25, -0.2) is 0 Å². The molecule has 5 nitrogen and oxygen atoms in total. The minimum absolute atomic E-state index is 0.00729. The monoisotopic (exact) mass is 315 g/mol. The molecule has 0 N–H and O–H groups in total. The van der Waals surface area contributed by atoms with Crippen LogP contribution in [0.5, 0.6) is 0 Å². The number of allylic oxidation sites excluding steroid dienone is 1. The summed E-state index contributed by atoms with van der Waals surface area (Å²) >= 11 is 0. The number of nitrogens with zero attached hydrogens (tertiary/aromatic N) is 1. The van der Waals surface area contributed by atoms with E-state index in [2.05, 4.69) is 18.4 Å². The highest BCUT2D eigenvalue weighted by Crippen LogP contribution is 2.14. The molecular weight excluding hydrogens is 294 g/mol. The zero-order valence-corrected chi connectivity index (χ0v) is 13.7. The van der Waals surface area contributed by atoms with Gasteiger partial charge in [-0.05, 0) is 30.4 Å². The lowest BCUT2D eigenvalue weighted by atomic mass is 10.1. The fraction of sp³-hybridized carbons (Fsp3) is 0.389. The third kappa shape index (κ3) is 7.28. The van der Waals surface area contributed by atoms with Gasteiger partial charge in [-0.3, -0.25) is 14.9 Å². The van der Waals surface area contributed by atoms with E-state index >= 15 is 0 Å². The minimum atomic E-state index is -0.478. The first-order valence-corrected chi connectivity index (χ1v) is 7.37. The van der Waals surface area contributed by atoms with Gasteiger partial charge in [0.05, 0.1) is 11.3 Å². The highest BCUT2D eigenvalue weighted by molar-refractivity contribution is 5.73. The second-order valence-electron chi connectivity index (χ2n) is 5.76. The van der Waals surface area contributed by atoms with Crippen LogP contribution in [-0.4, -0.2) is 17.0 Å². The Morgan fingerprint density at radius 2 is 1.96 bits per heavy atom. The maximum absolute atomic E-state index is 12.0. The summed E-state index contributed by atoms with van der Waals surface area (Å²) in [4.78, 5) is 22.1.